The van der Waals surface area contributed by atoms with Crippen molar-refractivity contribution in [1.29, 1.82) is 0 Å². The van der Waals surface area contributed by atoms with Crippen LogP contribution in [0.2, 0.25) is 5.02 Å². The van der Waals surface area contributed by atoms with Gasteiger partial charge in [-0.15, -0.1) is 10.2 Å². The van der Waals surface area contributed by atoms with E-state index in [4.69, 9.17) is 16.0 Å². The van der Waals surface area contributed by atoms with Crippen LogP contribution < -0.4 is 5.73 Å². The van der Waals surface area contributed by atoms with Gasteiger partial charge >= 0.3 is 0 Å². The standard InChI is InChI=1S/C19H17ClN4OS/c20-14-7-5-12(6-8-14)11-26-19-24-23-18(25-19)16(21)9-13-10-22-17-4-2-1-3-15(13)17/h1-8,10,16,22H,9,11,21H2/p+1/t16-/m0/s1. The van der Waals surface area contributed by atoms with Crippen LogP contribution in [0.3, 0.4) is 0 Å². The topological polar surface area (TPSA) is 82.4 Å². The van der Waals surface area contributed by atoms with E-state index in [2.05, 4.69) is 33.0 Å². The fraction of sp³-hybridized carbons (Fsp3) is 0.158. The lowest BCUT2D eigenvalue weighted by atomic mass is 10.1. The summed E-state index contributed by atoms with van der Waals surface area (Å²) in [6.07, 6.45) is 2.77. The molecule has 0 spiro atoms. The zero-order valence-corrected chi connectivity index (χ0v) is 15.6. The smallest absolute Gasteiger partial charge is 0.277 e. The molecule has 26 heavy (non-hydrogen) atoms. The summed E-state index contributed by atoms with van der Waals surface area (Å²) in [6, 6.07) is 15.9. The normalized spacial score (nSPS) is 12.5. The van der Waals surface area contributed by atoms with Crippen molar-refractivity contribution in [2.75, 3.05) is 0 Å². The number of fused-ring (bicyclic) bond motifs is 1. The van der Waals surface area contributed by atoms with Crippen molar-refractivity contribution in [2.24, 2.45) is 0 Å². The number of para-hydroxylation sites is 1. The molecule has 4 N–H and O–H groups in total. The van der Waals surface area contributed by atoms with Crippen LogP contribution in [0.15, 0.2) is 64.4 Å². The Kier molecular flexibility index (Phi) is 4.97. The van der Waals surface area contributed by atoms with Crippen molar-refractivity contribution < 1.29 is 10.2 Å². The van der Waals surface area contributed by atoms with E-state index in [1.807, 2.05) is 42.6 Å². The third-order valence-electron chi connectivity index (χ3n) is 4.19. The third kappa shape index (κ3) is 3.77. The number of benzene rings is 2. The van der Waals surface area contributed by atoms with Gasteiger partial charge in [0.15, 0.2) is 6.04 Å². The molecular weight excluding hydrogens is 368 g/mol. The largest absolute Gasteiger partial charge is 0.410 e. The van der Waals surface area contributed by atoms with Crippen molar-refractivity contribution in [3.63, 3.8) is 0 Å². The van der Waals surface area contributed by atoms with Crippen LogP contribution in [-0.2, 0) is 12.2 Å². The number of nitrogens with zero attached hydrogens (tertiary/aromatic N) is 2. The first-order chi connectivity index (χ1) is 12.7. The van der Waals surface area contributed by atoms with E-state index in [0.717, 1.165) is 28.3 Å². The minimum Gasteiger partial charge on any atom is -0.410 e. The first-order valence-corrected chi connectivity index (χ1v) is 9.64. The molecule has 5 nitrogen and oxygen atoms in total. The van der Waals surface area contributed by atoms with Gasteiger partial charge in [-0.3, -0.25) is 0 Å². The highest BCUT2D eigenvalue weighted by Gasteiger charge is 2.20. The molecule has 2 aromatic carbocycles. The number of nitrogens with one attached hydrogen (secondary N) is 1. The SMILES string of the molecule is [NH3+][C@@H](Cc1c[nH]c2ccccc12)c1nnc(SCc2ccc(Cl)cc2)o1. The van der Waals surface area contributed by atoms with Gasteiger partial charge in [-0.25, -0.2) is 0 Å². The van der Waals surface area contributed by atoms with E-state index in [0.29, 0.717) is 11.1 Å². The highest BCUT2D eigenvalue weighted by molar-refractivity contribution is 7.98. The van der Waals surface area contributed by atoms with Gasteiger partial charge in [0.2, 0.25) is 0 Å². The van der Waals surface area contributed by atoms with Crippen molar-refractivity contribution >= 4 is 34.3 Å². The van der Waals surface area contributed by atoms with Crippen LogP contribution in [0, 0.1) is 0 Å². The van der Waals surface area contributed by atoms with Gasteiger partial charge in [-0.1, -0.05) is 53.7 Å². The quantitative estimate of drug-likeness (QED) is 0.491. The average molecular weight is 386 g/mol. The molecule has 7 heteroatoms. The minimum absolute atomic E-state index is 0.0911. The summed E-state index contributed by atoms with van der Waals surface area (Å²) in [5.41, 5.74) is 7.68. The van der Waals surface area contributed by atoms with E-state index >= 15 is 0 Å². The van der Waals surface area contributed by atoms with Gasteiger partial charge in [0, 0.05) is 34.3 Å². The molecule has 0 saturated carbocycles. The second kappa shape index (κ2) is 7.53. The first kappa shape index (κ1) is 17.1. The Morgan fingerprint density at radius 1 is 1.12 bits per heavy atom. The number of aromatic nitrogens is 3. The second-order valence-electron chi connectivity index (χ2n) is 6.08. The highest BCUT2D eigenvalue weighted by atomic mass is 35.5. The Bertz CT molecular complexity index is 1010. The van der Waals surface area contributed by atoms with Crippen LogP contribution >= 0.6 is 23.4 Å². The van der Waals surface area contributed by atoms with Crippen LogP contribution in [0.1, 0.15) is 23.1 Å². The molecule has 0 aliphatic heterocycles. The second-order valence-corrected chi connectivity index (χ2v) is 7.44. The lowest BCUT2D eigenvalue weighted by Crippen LogP contribution is -2.54. The Morgan fingerprint density at radius 3 is 2.77 bits per heavy atom. The molecule has 0 bridgehead atoms. The van der Waals surface area contributed by atoms with Gasteiger partial charge in [-0.05, 0) is 29.3 Å². The zero-order valence-electron chi connectivity index (χ0n) is 14.0. The first-order valence-electron chi connectivity index (χ1n) is 8.28. The van der Waals surface area contributed by atoms with Gasteiger partial charge in [0.1, 0.15) is 0 Å². The Morgan fingerprint density at radius 2 is 1.92 bits per heavy atom. The number of hydrogen-bond acceptors (Lipinski definition) is 4. The van der Waals surface area contributed by atoms with Crippen molar-refractivity contribution in [2.45, 2.75) is 23.4 Å². The Balaban J connectivity index is 1.41. The number of rotatable bonds is 6. The molecule has 0 amide bonds. The Hall–Kier alpha value is -2.28. The zero-order chi connectivity index (χ0) is 17.9. The number of hydrogen-bond donors (Lipinski definition) is 2. The van der Waals surface area contributed by atoms with E-state index in [1.54, 1.807) is 0 Å². The molecule has 4 rings (SSSR count). The molecule has 2 heterocycles. The third-order valence-corrected chi connectivity index (χ3v) is 5.33. The van der Waals surface area contributed by atoms with E-state index in [-0.39, 0.29) is 6.04 Å². The molecule has 132 valence electrons. The summed E-state index contributed by atoms with van der Waals surface area (Å²) >= 11 is 7.42. The summed E-state index contributed by atoms with van der Waals surface area (Å²) in [5, 5.41) is 10.8. The van der Waals surface area contributed by atoms with E-state index < -0.39 is 0 Å². The summed E-state index contributed by atoms with van der Waals surface area (Å²) in [4.78, 5) is 3.28. The predicted molar refractivity (Wildman–Crippen MR) is 103 cm³/mol. The summed E-state index contributed by atoms with van der Waals surface area (Å²) in [5.74, 6) is 1.32. The van der Waals surface area contributed by atoms with Crippen LogP contribution in [0.5, 0.6) is 0 Å². The fourth-order valence-corrected chi connectivity index (χ4v) is 3.67. The van der Waals surface area contributed by atoms with Gasteiger partial charge < -0.3 is 15.1 Å². The van der Waals surface area contributed by atoms with E-state index in [9.17, 15) is 0 Å². The summed E-state index contributed by atoms with van der Waals surface area (Å²) in [6.45, 7) is 0. The van der Waals surface area contributed by atoms with Gasteiger partial charge in [0.25, 0.3) is 11.1 Å². The molecule has 0 fully saturated rings. The molecular formula is C19H18ClN4OS+. The Labute approximate surface area is 159 Å². The van der Waals surface area contributed by atoms with Crippen LogP contribution in [0.4, 0.5) is 0 Å². The van der Waals surface area contributed by atoms with Gasteiger partial charge in [0.05, 0.1) is 0 Å². The monoisotopic (exact) mass is 385 g/mol. The summed E-state index contributed by atoms with van der Waals surface area (Å²) in [7, 11) is 0. The lowest BCUT2D eigenvalue weighted by Gasteiger charge is -2.03. The average Bonchev–Trinajstić information content (AvgIpc) is 3.29. The molecule has 1 atom stereocenters. The fourth-order valence-electron chi connectivity index (χ4n) is 2.82. The van der Waals surface area contributed by atoms with E-state index in [1.165, 1.54) is 22.7 Å². The molecule has 0 aliphatic carbocycles. The predicted octanol–water partition coefficient (Wildman–Crippen LogP) is 4.02. The lowest BCUT2D eigenvalue weighted by molar-refractivity contribution is -0.431. The molecule has 4 aromatic rings. The van der Waals surface area contributed by atoms with Crippen molar-refractivity contribution in [3.05, 3.63) is 76.8 Å². The van der Waals surface area contributed by atoms with Crippen LogP contribution in [0.25, 0.3) is 10.9 Å². The number of aromatic amines is 1. The van der Waals surface area contributed by atoms with Crippen LogP contribution in [-0.4, -0.2) is 15.2 Å². The van der Waals surface area contributed by atoms with Crippen molar-refractivity contribution in [3.8, 4) is 0 Å². The molecule has 0 radical (unpaired) electrons. The number of halogens is 1. The number of thioether (sulfide) groups is 1. The highest BCUT2D eigenvalue weighted by Crippen LogP contribution is 2.26. The number of H-pyrrole nitrogens is 1. The molecule has 0 aliphatic rings. The molecule has 2 aromatic heterocycles. The minimum atomic E-state index is -0.0911. The maximum atomic E-state index is 5.90. The molecule has 0 unspecified atom stereocenters. The summed E-state index contributed by atoms with van der Waals surface area (Å²) < 4.78 is 5.79. The number of quaternary nitrogens is 1. The van der Waals surface area contributed by atoms with Crippen molar-refractivity contribution in [1.82, 2.24) is 15.2 Å². The molecule has 0 saturated heterocycles. The van der Waals surface area contributed by atoms with Gasteiger partial charge in [-0.2, -0.15) is 0 Å². The maximum Gasteiger partial charge on any atom is 0.277 e. The maximum absolute atomic E-state index is 5.90.